The molecule has 0 bridgehead atoms. The maximum absolute atomic E-state index is 11.7. The van der Waals surface area contributed by atoms with Gasteiger partial charge in [0.15, 0.2) is 11.5 Å². The Morgan fingerprint density at radius 2 is 2.20 bits per heavy atom. The summed E-state index contributed by atoms with van der Waals surface area (Å²) < 4.78 is 10.5. The maximum atomic E-state index is 11.7. The fraction of sp³-hybridized carbons (Fsp3) is 0.133. The lowest BCUT2D eigenvalue weighted by molar-refractivity contribution is -0.116. The molecule has 1 aliphatic heterocycles. The van der Waals surface area contributed by atoms with Crippen LogP contribution < -0.4 is 14.8 Å². The molecule has 2 heterocycles. The zero-order chi connectivity index (χ0) is 13.8. The summed E-state index contributed by atoms with van der Waals surface area (Å²) in [5, 5.41) is 2.81. The summed E-state index contributed by atoms with van der Waals surface area (Å²) in [4.78, 5) is 14.6. The summed E-state index contributed by atoms with van der Waals surface area (Å²) in [6, 6.07) is 7.48. The standard InChI is InChI=1S/C15H14N2O3/c18-15(17-9-12-5-6-16-8-12)4-2-11-1-3-13-14(7-11)20-10-19-13/h1-8,16H,9-10H2,(H,17,18)/b4-2+. The molecular weight excluding hydrogens is 256 g/mol. The molecule has 2 aromatic rings. The summed E-state index contributed by atoms with van der Waals surface area (Å²) in [6.07, 6.45) is 6.92. The molecule has 2 N–H and O–H groups in total. The van der Waals surface area contributed by atoms with Gasteiger partial charge < -0.3 is 19.8 Å². The van der Waals surface area contributed by atoms with E-state index in [1.54, 1.807) is 6.08 Å². The summed E-state index contributed by atoms with van der Waals surface area (Å²) in [5.41, 5.74) is 1.93. The number of fused-ring (bicyclic) bond motifs is 1. The van der Waals surface area contributed by atoms with E-state index < -0.39 is 0 Å². The average molecular weight is 270 g/mol. The third-order valence-electron chi connectivity index (χ3n) is 2.95. The van der Waals surface area contributed by atoms with Gasteiger partial charge >= 0.3 is 0 Å². The second-order valence-electron chi connectivity index (χ2n) is 4.38. The molecule has 5 heteroatoms. The van der Waals surface area contributed by atoms with E-state index in [2.05, 4.69) is 10.3 Å². The summed E-state index contributed by atoms with van der Waals surface area (Å²) >= 11 is 0. The monoisotopic (exact) mass is 270 g/mol. The lowest BCUT2D eigenvalue weighted by Gasteiger charge is -2.00. The van der Waals surface area contributed by atoms with Crippen LogP contribution in [-0.2, 0) is 11.3 Å². The predicted octanol–water partition coefficient (Wildman–Crippen LogP) is 2.07. The van der Waals surface area contributed by atoms with E-state index in [1.165, 1.54) is 6.08 Å². The van der Waals surface area contributed by atoms with Gasteiger partial charge in [-0.25, -0.2) is 0 Å². The van der Waals surface area contributed by atoms with Crippen LogP contribution in [-0.4, -0.2) is 17.7 Å². The van der Waals surface area contributed by atoms with Gasteiger partial charge in [-0.05, 0) is 35.4 Å². The average Bonchev–Trinajstić information content (AvgIpc) is 3.13. The first-order valence-electron chi connectivity index (χ1n) is 6.28. The van der Waals surface area contributed by atoms with Crippen molar-refractivity contribution in [2.45, 2.75) is 6.54 Å². The smallest absolute Gasteiger partial charge is 0.244 e. The number of carbonyl (C=O) groups excluding carboxylic acids is 1. The zero-order valence-electron chi connectivity index (χ0n) is 10.8. The van der Waals surface area contributed by atoms with Gasteiger partial charge in [0.1, 0.15) is 0 Å². The van der Waals surface area contributed by atoms with Crippen LogP contribution in [0.2, 0.25) is 0 Å². The Hall–Kier alpha value is -2.69. The first kappa shape index (κ1) is 12.3. The molecule has 20 heavy (non-hydrogen) atoms. The molecule has 1 amide bonds. The molecule has 0 aliphatic carbocycles. The Bertz CT molecular complexity index is 633. The van der Waals surface area contributed by atoms with Crippen molar-refractivity contribution in [2.75, 3.05) is 6.79 Å². The molecule has 0 unspecified atom stereocenters. The number of hydrogen-bond donors (Lipinski definition) is 2. The molecule has 102 valence electrons. The van der Waals surface area contributed by atoms with Crippen molar-refractivity contribution >= 4 is 12.0 Å². The second-order valence-corrected chi connectivity index (χ2v) is 4.38. The fourth-order valence-corrected chi connectivity index (χ4v) is 1.91. The lowest BCUT2D eigenvalue weighted by Crippen LogP contribution is -2.19. The number of amides is 1. The highest BCUT2D eigenvalue weighted by Crippen LogP contribution is 2.32. The van der Waals surface area contributed by atoms with E-state index >= 15 is 0 Å². The number of aromatic amines is 1. The van der Waals surface area contributed by atoms with Gasteiger partial charge in [0.05, 0.1) is 0 Å². The molecule has 0 radical (unpaired) electrons. The van der Waals surface area contributed by atoms with Crippen LogP contribution in [0.3, 0.4) is 0 Å². The Morgan fingerprint density at radius 3 is 3.05 bits per heavy atom. The molecule has 0 spiro atoms. The summed E-state index contributed by atoms with van der Waals surface area (Å²) in [5.74, 6) is 1.31. The highest BCUT2D eigenvalue weighted by molar-refractivity contribution is 5.91. The number of carbonyl (C=O) groups is 1. The lowest BCUT2D eigenvalue weighted by atomic mass is 10.2. The fourth-order valence-electron chi connectivity index (χ4n) is 1.91. The van der Waals surface area contributed by atoms with Crippen molar-refractivity contribution in [3.05, 3.63) is 53.9 Å². The van der Waals surface area contributed by atoms with Crippen molar-refractivity contribution in [3.8, 4) is 11.5 Å². The Balaban J connectivity index is 1.58. The Morgan fingerprint density at radius 1 is 1.30 bits per heavy atom. The van der Waals surface area contributed by atoms with Gasteiger partial charge in [-0.2, -0.15) is 0 Å². The van der Waals surface area contributed by atoms with Crippen LogP contribution in [0.5, 0.6) is 11.5 Å². The molecule has 0 atom stereocenters. The maximum Gasteiger partial charge on any atom is 0.244 e. The quantitative estimate of drug-likeness (QED) is 0.836. The van der Waals surface area contributed by atoms with E-state index in [0.29, 0.717) is 12.3 Å². The Labute approximate surface area is 116 Å². The van der Waals surface area contributed by atoms with Gasteiger partial charge in [0, 0.05) is 25.0 Å². The van der Waals surface area contributed by atoms with E-state index in [4.69, 9.17) is 9.47 Å². The van der Waals surface area contributed by atoms with Gasteiger partial charge in [-0.15, -0.1) is 0 Å². The number of H-pyrrole nitrogens is 1. The number of aromatic nitrogens is 1. The highest BCUT2D eigenvalue weighted by Gasteiger charge is 2.12. The molecule has 1 aliphatic rings. The van der Waals surface area contributed by atoms with Gasteiger partial charge in [0.25, 0.3) is 0 Å². The normalized spacial score (nSPS) is 12.8. The van der Waals surface area contributed by atoms with Crippen LogP contribution in [0, 0.1) is 0 Å². The first-order chi connectivity index (χ1) is 9.81. The molecule has 1 aromatic heterocycles. The summed E-state index contributed by atoms with van der Waals surface area (Å²) in [7, 11) is 0. The van der Waals surface area contributed by atoms with Crippen LogP contribution in [0.1, 0.15) is 11.1 Å². The SMILES string of the molecule is O=C(/C=C/c1ccc2c(c1)OCO2)NCc1cc[nH]c1. The van der Waals surface area contributed by atoms with Crippen LogP contribution in [0.15, 0.2) is 42.7 Å². The molecule has 1 aromatic carbocycles. The minimum Gasteiger partial charge on any atom is -0.454 e. The molecule has 3 rings (SSSR count). The number of hydrogen-bond acceptors (Lipinski definition) is 3. The van der Waals surface area contributed by atoms with Crippen molar-refractivity contribution < 1.29 is 14.3 Å². The van der Waals surface area contributed by atoms with Crippen LogP contribution in [0.25, 0.3) is 6.08 Å². The molecule has 0 fully saturated rings. The minimum atomic E-state index is -0.135. The second kappa shape index (κ2) is 5.52. The topological polar surface area (TPSA) is 63.4 Å². The van der Waals surface area contributed by atoms with Crippen molar-refractivity contribution in [2.24, 2.45) is 0 Å². The third kappa shape index (κ3) is 2.83. The number of benzene rings is 1. The molecule has 5 nitrogen and oxygen atoms in total. The molecule has 0 saturated carbocycles. The highest BCUT2D eigenvalue weighted by atomic mass is 16.7. The Kier molecular flexibility index (Phi) is 3.41. The van der Waals surface area contributed by atoms with Crippen molar-refractivity contribution in [3.63, 3.8) is 0 Å². The van der Waals surface area contributed by atoms with Crippen molar-refractivity contribution in [1.82, 2.24) is 10.3 Å². The van der Waals surface area contributed by atoms with Crippen LogP contribution >= 0.6 is 0 Å². The summed E-state index contributed by atoms with van der Waals surface area (Å²) in [6.45, 7) is 0.757. The third-order valence-corrected chi connectivity index (χ3v) is 2.95. The van der Waals surface area contributed by atoms with E-state index in [-0.39, 0.29) is 12.7 Å². The van der Waals surface area contributed by atoms with Crippen molar-refractivity contribution in [1.29, 1.82) is 0 Å². The molecular formula is C15H14N2O3. The van der Waals surface area contributed by atoms with E-state index in [1.807, 2.05) is 36.7 Å². The van der Waals surface area contributed by atoms with E-state index in [0.717, 1.165) is 16.9 Å². The van der Waals surface area contributed by atoms with Gasteiger partial charge in [0.2, 0.25) is 12.7 Å². The zero-order valence-corrected chi connectivity index (χ0v) is 10.8. The van der Waals surface area contributed by atoms with Crippen LogP contribution in [0.4, 0.5) is 0 Å². The van der Waals surface area contributed by atoms with E-state index in [9.17, 15) is 4.79 Å². The number of rotatable bonds is 4. The number of nitrogens with one attached hydrogen (secondary N) is 2. The number of ether oxygens (including phenoxy) is 2. The largest absolute Gasteiger partial charge is 0.454 e. The minimum absolute atomic E-state index is 0.135. The first-order valence-corrected chi connectivity index (χ1v) is 6.28. The predicted molar refractivity (Wildman–Crippen MR) is 74.2 cm³/mol. The molecule has 0 saturated heterocycles. The van der Waals surface area contributed by atoms with Gasteiger partial charge in [-0.3, -0.25) is 4.79 Å². The van der Waals surface area contributed by atoms with Gasteiger partial charge in [-0.1, -0.05) is 6.07 Å².